The van der Waals surface area contributed by atoms with Gasteiger partial charge in [0, 0.05) is 34.6 Å². The van der Waals surface area contributed by atoms with E-state index in [0.29, 0.717) is 0 Å². The molecule has 3 aromatic rings. The van der Waals surface area contributed by atoms with Crippen LogP contribution in [0.5, 0.6) is 28.7 Å². The Labute approximate surface area is 196 Å². The van der Waals surface area contributed by atoms with Gasteiger partial charge in [-0.25, -0.2) is 0 Å². The Morgan fingerprint density at radius 3 is 1.57 bits per heavy atom. The zero-order valence-corrected chi connectivity index (χ0v) is 19.2. The summed E-state index contributed by atoms with van der Waals surface area (Å²) in [5, 5.41) is -0.123. The summed E-state index contributed by atoms with van der Waals surface area (Å²) in [6.45, 7) is 5.44. The van der Waals surface area contributed by atoms with E-state index in [1.165, 1.54) is 12.1 Å². The van der Waals surface area contributed by atoms with Crippen LogP contribution in [0.1, 0.15) is 34.6 Å². The number of carbonyl (C=O) groups is 5. The van der Waals surface area contributed by atoms with Crippen molar-refractivity contribution in [1.29, 1.82) is 0 Å². The molecule has 0 aliphatic rings. The molecule has 0 aliphatic heterocycles. The molecule has 182 valence electrons. The fourth-order valence-corrected chi connectivity index (χ4v) is 3.26. The summed E-state index contributed by atoms with van der Waals surface area (Å²) in [7, 11) is 0. The lowest BCUT2D eigenvalue weighted by Crippen LogP contribution is -2.14. The van der Waals surface area contributed by atoms with E-state index in [-0.39, 0.29) is 39.1 Å². The minimum Gasteiger partial charge on any atom is -0.423 e. The highest BCUT2D eigenvalue weighted by molar-refractivity contribution is 6.02. The van der Waals surface area contributed by atoms with Crippen LogP contribution in [-0.2, 0) is 24.0 Å². The number of fused-ring (bicyclic) bond motifs is 2. The Hall–Kier alpha value is -4.74. The molecule has 0 spiro atoms. The fraction of sp³-hybridized carbons (Fsp3) is 0.217. The molecule has 1 heterocycles. The number of aromatic amines is 1. The lowest BCUT2D eigenvalue weighted by molar-refractivity contribution is -0.135. The summed E-state index contributed by atoms with van der Waals surface area (Å²) < 4.78 is 25.8. The van der Waals surface area contributed by atoms with Crippen molar-refractivity contribution in [3.05, 3.63) is 28.4 Å². The van der Waals surface area contributed by atoms with Crippen molar-refractivity contribution >= 4 is 51.7 Å². The summed E-state index contributed by atoms with van der Waals surface area (Å²) in [4.78, 5) is 74.8. The van der Waals surface area contributed by atoms with Crippen molar-refractivity contribution in [3.8, 4) is 28.7 Å². The molecule has 12 heteroatoms. The van der Waals surface area contributed by atoms with E-state index in [1.54, 1.807) is 0 Å². The molecular formula is C23H19NO11. The van der Waals surface area contributed by atoms with Crippen molar-refractivity contribution in [3.63, 3.8) is 0 Å². The van der Waals surface area contributed by atoms with Crippen LogP contribution in [0.2, 0.25) is 0 Å². The number of carbonyl (C=O) groups excluding carboxylic acids is 5. The standard InChI is InChI=1S/C23H19NO11/c1-9(25)31-16-7-6-14-18(21(16)33-11(3)27)24-19-15(20(14)30)8-17(32-10(2)26)22(34-12(4)28)23(19)35-13(5)29/h6-8H,1-5H3,(H,24,30). The highest BCUT2D eigenvalue weighted by atomic mass is 16.6. The quantitative estimate of drug-likeness (QED) is 0.320. The molecule has 3 rings (SSSR count). The molecule has 0 fully saturated rings. The van der Waals surface area contributed by atoms with Crippen molar-refractivity contribution in [2.45, 2.75) is 34.6 Å². The number of H-pyrrole nitrogens is 1. The van der Waals surface area contributed by atoms with Crippen LogP contribution in [0, 0.1) is 0 Å². The third kappa shape index (κ3) is 5.27. The second-order valence-corrected chi connectivity index (χ2v) is 7.19. The van der Waals surface area contributed by atoms with Gasteiger partial charge in [-0.05, 0) is 18.2 Å². The lowest BCUT2D eigenvalue weighted by Gasteiger charge is -2.17. The van der Waals surface area contributed by atoms with Crippen LogP contribution < -0.4 is 29.1 Å². The molecule has 0 atom stereocenters. The highest BCUT2D eigenvalue weighted by Gasteiger charge is 2.26. The molecule has 0 saturated heterocycles. The average Bonchev–Trinajstić information content (AvgIpc) is 2.71. The second kappa shape index (κ2) is 9.63. The Balaban J connectivity index is 2.54. The van der Waals surface area contributed by atoms with Gasteiger partial charge in [0.05, 0.1) is 21.8 Å². The van der Waals surface area contributed by atoms with Gasteiger partial charge in [0.1, 0.15) is 0 Å². The molecule has 35 heavy (non-hydrogen) atoms. The molecule has 0 radical (unpaired) electrons. The van der Waals surface area contributed by atoms with Gasteiger partial charge >= 0.3 is 29.8 Å². The number of ether oxygens (including phenoxy) is 5. The monoisotopic (exact) mass is 485 g/mol. The summed E-state index contributed by atoms with van der Waals surface area (Å²) >= 11 is 0. The van der Waals surface area contributed by atoms with Crippen LogP contribution in [0.3, 0.4) is 0 Å². The molecule has 0 saturated carbocycles. The molecule has 0 aliphatic carbocycles. The van der Waals surface area contributed by atoms with Crippen LogP contribution in [0.25, 0.3) is 21.8 Å². The van der Waals surface area contributed by atoms with Gasteiger partial charge in [-0.1, -0.05) is 0 Å². The molecular weight excluding hydrogens is 466 g/mol. The van der Waals surface area contributed by atoms with E-state index in [4.69, 9.17) is 23.7 Å². The first-order chi connectivity index (χ1) is 16.4. The van der Waals surface area contributed by atoms with Gasteiger partial charge in [-0.15, -0.1) is 0 Å². The Kier molecular flexibility index (Phi) is 6.85. The van der Waals surface area contributed by atoms with Crippen molar-refractivity contribution in [1.82, 2.24) is 4.98 Å². The maximum Gasteiger partial charge on any atom is 0.308 e. The van der Waals surface area contributed by atoms with E-state index in [2.05, 4.69) is 4.98 Å². The topological polar surface area (TPSA) is 164 Å². The molecule has 1 aromatic heterocycles. The van der Waals surface area contributed by atoms with Crippen LogP contribution in [-0.4, -0.2) is 34.8 Å². The minimum absolute atomic E-state index is 0.00700. The smallest absolute Gasteiger partial charge is 0.308 e. The fourth-order valence-electron chi connectivity index (χ4n) is 3.26. The van der Waals surface area contributed by atoms with Gasteiger partial charge < -0.3 is 28.7 Å². The SMILES string of the molecule is CC(=O)Oc1cc2c(=O)c3ccc(OC(C)=O)c(OC(C)=O)c3[nH]c2c(OC(C)=O)c1OC(C)=O. The summed E-state index contributed by atoms with van der Waals surface area (Å²) in [5.74, 6) is -5.67. The van der Waals surface area contributed by atoms with Crippen LogP contribution in [0.4, 0.5) is 0 Å². The normalized spacial score (nSPS) is 10.5. The maximum absolute atomic E-state index is 13.4. The number of hydrogen-bond acceptors (Lipinski definition) is 11. The summed E-state index contributed by atoms with van der Waals surface area (Å²) in [6.07, 6.45) is 0. The van der Waals surface area contributed by atoms with Gasteiger partial charge in [0.2, 0.25) is 11.5 Å². The van der Waals surface area contributed by atoms with Crippen molar-refractivity contribution < 1.29 is 47.7 Å². The average molecular weight is 485 g/mol. The van der Waals surface area contributed by atoms with Gasteiger partial charge in [-0.3, -0.25) is 28.8 Å². The van der Waals surface area contributed by atoms with E-state index in [0.717, 1.165) is 40.7 Å². The van der Waals surface area contributed by atoms with E-state index in [1.807, 2.05) is 0 Å². The van der Waals surface area contributed by atoms with E-state index < -0.39 is 46.8 Å². The summed E-state index contributed by atoms with van der Waals surface area (Å²) in [6, 6.07) is 3.71. The summed E-state index contributed by atoms with van der Waals surface area (Å²) in [5.41, 5.74) is -0.898. The third-order valence-electron chi connectivity index (χ3n) is 4.31. The van der Waals surface area contributed by atoms with E-state index >= 15 is 0 Å². The highest BCUT2D eigenvalue weighted by Crippen LogP contribution is 2.44. The zero-order valence-electron chi connectivity index (χ0n) is 19.2. The predicted molar refractivity (Wildman–Crippen MR) is 119 cm³/mol. The van der Waals surface area contributed by atoms with Gasteiger partial charge in [0.15, 0.2) is 22.7 Å². The second-order valence-electron chi connectivity index (χ2n) is 7.19. The molecule has 0 bridgehead atoms. The Bertz CT molecular complexity index is 1480. The number of nitrogens with one attached hydrogen (secondary N) is 1. The Morgan fingerprint density at radius 2 is 1.03 bits per heavy atom. The first-order valence-corrected chi connectivity index (χ1v) is 10.0. The van der Waals surface area contributed by atoms with Crippen molar-refractivity contribution in [2.75, 3.05) is 0 Å². The zero-order chi connectivity index (χ0) is 26.0. The third-order valence-corrected chi connectivity index (χ3v) is 4.31. The molecule has 0 unspecified atom stereocenters. The first kappa shape index (κ1) is 24.9. The predicted octanol–water partition coefficient (Wildman–Crippen LogP) is 2.31. The Morgan fingerprint density at radius 1 is 0.571 bits per heavy atom. The van der Waals surface area contributed by atoms with Crippen LogP contribution >= 0.6 is 0 Å². The minimum atomic E-state index is -0.852. The van der Waals surface area contributed by atoms with E-state index in [9.17, 15) is 28.8 Å². The number of hydrogen-bond donors (Lipinski definition) is 1. The molecule has 12 nitrogen and oxygen atoms in total. The maximum atomic E-state index is 13.4. The van der Waals surface area contributed by atoms with Crippen molar-refractivity contribution in [2.24, 2.45) is 0 Å². The largest absolute Gasteiger partial charge is 0.423 e. The van der Waals surface area contributed by atoms with Crippen LogP contribution in [0.15, 0.2) is 23.0 Å². The lowest BCUT2D eigenvalue weighted by atomic mass is 10.1. The molecule has 2 aromatic carbocycles. The number of aromatic nitrogens is 1. The molecule has 0 amide bonds. The first-order valence-electron chi connectivity index (χ1n) is 10.0. The molecule has 1 N–H and O–H groups in total. The number of rotatable bonds is 5. The number of pyridine rings is 1. The number of benzene rings is 2. The van der Waals surface area contributed by atoms with Gasteiger partial charge in [-0.2, -0.15) is 0 Å². The van der Waals surface area contributed by atoms with Gasteiger partial charge in [0.25, 0.3) is 0 Å². The number of esters is 5.